The number of hydrogen-bond donors (Lipinski definition) is 1. The van der Waals surface area contributed by atoms with Gasteiger partial charge in [-0.1, -0.05) is 12.1 Å². The van der Waals surface area contributed by atoms with E-state index in [9.17, 15) is 13.2 Å². The third-order valence-corrected chi connectivity index (χ3v) is 3.98. The number of halogens is 3. The van der Waals surface area contributed by atoms with Crippen LogP contribution < -0.4 is 10.5 Å². The molecule has 1 saturated heterocycles. The Morgan fingerprint density at radius 2 is 1.88 bits per heavy atom. The SMILES string of the molecule is Nc1ccc(C(F)(F)F)cc1Cc1ccc(O[C@H]2CCOC2)cc1. The Morgan fingerprint density at radius 3 is 2.50 bits per heavy atom. The third kappa shape index (κ3) is 4.00. The quantitative estimate of drug-likeness (QED) is 0.856. The molecule has 0 unspecified atom stereocenters. The van der Waals surface area contributed by atoms with Crippen molar-refractivity contribution in [3.8, 4) is 5.75 Å². The normalized spacial score (nSPS) is 17.9. The molecule has 2 aromatic carbocycles. The molecule has 128 valence electrons. The van der Waals surface area contributed by atoms with E-state index in [1.165, 1.54) is 6.07 Å². The fraction of sp³-hybridized carbons (Fsp3) is 0.333. The second-order valence-electron chi connectivity index (χ2n) is 5.84. The first-order chi connectivity index (χ1) is 11.4. The van der Waals surface area contributed by atoms with Crippen LogP contribution in [-0.4, -0.2) is 19.3 Å². The van der Waals surface area contributed by atoms with Crippen LogP contribution in [-0.2, 0) is 17.3 Å². The summed E-state index contributed by atoms with van der Waals surface area (Å²) in [6.07, 6.45) is -3.11. The molecule has 0 bridgehead atoms. The topological polar surface area (TPSA) is 44.5 Å². The van der Waals surface area contributed by atoms with E-state index in [0.29, 0.717) is 30.9 Å². The molecule has 2 N–H and O–H groups in total. The number of nitrogen functional groups attached to an aromatic ring is 1. The van der Waals surface area contributed by atoms with Gasteiger partial charge in [0.25, 0.3) is 0 Å². The van der Waals surface area contributed by atoms with Gasteiger partial charge >= 0.3 is 6.18 Å². The van der Waals surface area contributed by atoms with Crippen molar-refractivity contribution in [1.82, 2.24) is 0 Å². The molecule has 2 aromatic rings. The van der Waals surface area contributed by atoms with Crippen LogP contribution in [0.3, 0.4) is 0 Å². The predicted molar refractivity (Wildman–Crippen MR) is 85.0 cm³/mol. The number of hydrogen-bond acceptors (Lipinski definition) is 3. The minimum atomic E-state index is -4.37. The fourth-order valence-electron chi connectivity index (χ4n) is 2.64. The Bertz CT molecular complexity index is 692. The lowest BCUT2D eigenvalue weighted by atomic mass is 10.0. The van der Waals surface area contributed by atoms with Gasteiger partial charge in [-0.25, -0.2) is 0 Å². The lowest BCUT2D eigenvalue weighted by Gasteiger charge is -2.13. The average Bonchev–Trinajstić information content (AvgIpc) is 3.03. The second-order valence-corrected chi connectivity index (χ2v) is 5.84. The van der Waals surface area contributed by atoms with Gasteiger partial charge in [0.15, 0.2) is 0 Å². The molecule has 1 aliphatic heterocycles. The average molecular weight is 337 g/mol. The first-order valence-electron chi connectivity index (χ1n) is 7.71. The van der Waals surface area contributed by atoms with E-state index in [1.807, 2.05) is 24.3 Å². The maximum atomic E-state index is 12.8. The zero-order valence-corrected chi connectivity index (χ0v) is 13.0. The van der Waals surface area contributed by atoms with Crippen LogP contribution in [0.5, 0.6) is 5.75 Å². The molecule has 1 atom stereocenters. The highest BCUT2D eigenvalue weighted by atomic mass is 19.4. The van der Waals surface area contributed by atoms with Crippen LogP contribution in [0, 0.1) is 0 Å². The van der Waals surface area contributed by atoms with Gasteiger partial charge in [-0.15, -0.1) is 0 Å². The fourth-order valence-corrected chi connectivity index (χ4v) is 2.64. The molecule has 1 heterocycles. The summed E-state index contributed by atoms with van der Waals surface area (Å²) in [5.74, 6) is 0.728. The van der Waals surface area contributed by atoms with Gasteiger partial charge < -0.3 is 15.2 Å². The Morgan fingerprint density at radius 1 is 1.12 bits per heavy atom. The van der Waals surface area contributed by atoms with Crippen LogP contribution >= 0.6 is 0 Å². The number of alkyl halides is 3. The van der Waals surface area contributed by atoms with Crippen molar-refractivity contribution in [1.29, 1.82) is 0 Å². The minimum absolute atomic E-state index is 0.0648. The molecule has 3 nitrogen and oxygen atoms in total. The standard InChI is InChI=1S/C18H18F3NO2/c19-18(20,21)14-3-6-17(22)13(10-14)9-12-1-4-15(5-2-12)24-16-7-8-23-11-16/h1-6,10,16H,7-9,11,22H2/t16-/m0/s1. The summed E-state index contributed by atoms with van der Waals surface area (Å²) in [5.41, 5.74) is 6.81. The van der Waals surface area contributed by atoms with Crippen LogP contribution in [0.2, 0.25) is 0 Å². The minimum Gasteiger partial charge on any atom is -0.488 e. The third-order valence-electron chi connectivity index (χ3n) is 3.98. The smallest absolute Gasteiger partial charge is 0.416 e. The van der Waals surface area contributed by atoms with Crippen molar-refractivity contribution < 1.29 is 22.6 Å². The Labute approximate surface area is 138 Å². The molecular formula is C18H18F3NO2. The van der Waals surface area contributed by atoms with E-state index in [4.69, 9.17) is 15.2 Å². The van der Waals surface area contributed by atoms with Gasteiger partial charge in [0.05, 0.1) is 18.8 Å². The van der Waals surface area contributed by atoms with Gasteiger partial charge in [-0.2, -0.15) is 13.2 Å². The van der Waals surface area contributed by atoms with E-state index in [2.05, 4.69) is 0 Å². The summed E-state index contributed by atoms with van der Waals surface area (Å²) in [7, 11) is 0. The molecule has 0 radical (unpaired) electrons. The molecule has 0 saturated carbocycles. The first kappa shape index (κ1) is 16.6. The molecule has 0 aliphatic carbocycles. The molecule has 0 spiro atoms. The molecule has 0 amide bonds. The summed E-state index contributed by atoms with van der Waals surface area (Å²) in [4.78, 5) is 0. The Hall–Kier alpha value is -2.21. The van der Waals surface area contributed by atoms with E-state index in [0.717, 1.165) is 29.9 Å². The zero-order chi connectivity index (χ0) is 17.2. The molecular weight excluding hydrogens is 319 g/mol. The van der Waals surface area contributed by atoms with Gasteiger partial charge in [-0.3, -0.25) is 0 Å². The van der Waals surface area contributed by atoms with Crippen molar-refractivity contribution in [2.75, 3.05) is 18.9 Å². The van der Waals surface area contributed by atoms with Crippen LogP contribution in [0.15, 0.2) is 42.5 Å². The van der Waals surface area contributed by atoms with Gasteiger partial charge in [-0.05, 0) is 47.9 Å². The van der Waals surface area contributed by atoms with E-state index < -0.39 is 11.7 Å². The van der Waals surface area contributed by atoms with E-state index >= 15 is 0 Å². The van der Waals surface area contributed by atoms with Gasteiger partial charge in [0.2, 0.25) is 0 Å². The Balaban J connectivity index is 1.71. The van der Waals surface area contributed by atoms with E-state index in [-0.39, 0.29) is 6.10 Å². The summed E-state index contributed by atoms with van der Waals surface area (Å²) < 4.78 is 49.5. The molecule has 0 aromatic heterocycles. The van der Waals surface area contributed by atoms with Gasteiger partial charge in [0.1, 0.15) is 11.9 Å². The second kappa shape index (κ2) is 6.73. The maximum absolute atomic E-state index is 12.8. The van der Waals surface area contributed by atoms with Crippen molar-refractivity contribution in [2.24, 2.45) is 0 Å². The highest BCUT2D eigenvalue weighted by Gasteiger charge is 2.30. The maximum Gasteiger partial charge on any atom is 0.416 e. The van der Waals surface area contributed by atoms with Crippen LogP contribution in [0.1, 0.15) is 23.1 Å². The molecule has 1 fully saturated rings. The Kier molecular flexibility index (Phi) is 4.66. The van der Waals surface area contributed by atoms with Crippen molar-refractivity contribution in [3.05, 3.63) is 59.2 Å². The first-order valence-corrected chi connectivity index (χ1v) is 7.71. The van der Waals surface area contributed by atoms with Crippen LogP contribution in [0.25, 0.3) is 0 Å². The summed E-state index contributed by atoms with van der Waals surface area (Å²) in [6.45, 7) is 1.29. The lowest BCUT2D eigenvalue weighted by molar-refractivity contribution is -0.137. The number of rotatable bonds is 4. The van der Waals surface area contributed by atoms with Gasteiger partial charge in [0, 0.05) is 12.1 Å². The molecule has 6 heteroatoms. The predicted octanol–water partition coefficient (Wildman–Crippen LogP) is 4.05. The largest absolute Gasteiger partial charge is 0.488 e. The highest BCUT2D eigenvalue weighted by Crippen LogP contribution is 2.32. The molecule has 3 rings (SSSR count). The molecule has 1 aliphatic rings. The van der Waals surface area contributed by atoms with Crippen LogP contribution in [0.4, 0.5) is 18.9 Å². The monoisotopic (exact) mass is 337 g/mol. The summed E-state index contributed by atoms with van der Waals surface area (Å²) >= 11 is 0. The highest BCUT2D eigenvalue weighted by molar-refractivity contribution is 5.51. The summed E-state index contributed by atoms with van der Waals surface area (Å²) in [6, 6.07) is 10.7. The lowest BCUT2D eigenvalue weighted by Crippen LogP contribution is -2.15. The number of benzene rings is 2. The van der Waals surface area contributed by atoms with Crippen molar-refractivity contribution in [3.63, 3.8) is 0 Å². The van der Waals surface area contributed by atoms with Crippen molar-refractivity contribution in [2.45, 2.75) is 25.1 Å². The number of nitrogens with two attached hydrogens (primary N) is 1. The molecule has 24 heavy (non-hydrogen) atoms. The van der Waals surface area contributed by atoms with E-state index in [1.54, 1.807) is 0 Å². The van der Waals surface area contributed by atoms with Crippen molar-refractivity contribution >= 4 is 5.69 Å². The number of ether oxygens (including phenoxy) is 2. The number of anilines is 1. The summed E-state index contributed by atoms with van der Waals surface area (Å²) in [5, 5.41) is 0. The zero-order valence-electron chi connectivity index (χ0n) is 13.0.